The molecule has 2 amide bonds. The Kier molecular flexibility index (Phi) is 3.79. The molecule has 0 fully saturated rings. The van der Waals surface area contributed by atoms with Crippen LogP contribution in [0.3, 0.4) is 0 Å². The number of nitrogens with zero attached hydrogens (tertiary/aromatic N) is 4. The lowest BCUT2D eigenvalue weighted by Crippen LogP contribution is -2.30. The molecule has 0 atom stereocenters. The number of fused-ring (bicyclic) bond motifs is 3. The highest BCUT2D eigenvalue weighted by Gasteiger charge is 2.40. The Morgan fingerprint density at radius 2 is 1.70 bits per heavy atom. The van der Waals surface area contributed by atoms with E-state index in [1.807, 2.05) is 19.1 Å². The zero-order valence-corrected chi connectivity index (χ0v) is 16.0. The van der Waals surface area contributed by atoms with Crippen LogP contribution < -0.4 is 4.90 Å². The average molecular weight is 404 g/mol. The van der Waals surface area contributed by atoms with E-state index in [0.717, 1.165) is 22.6 Å². The van der Waals surface area contributed by atoms with E-state index in [4.69, 9.17) is 0 Å². The summed E-state index contributed by atoms with van der Waals surface area (Å²) >= 11 is 0. The van der Waals surface area contributed by atoms with Gasteiger partial charge in [-0.3, -0.25) is 9.59 Å². The van der Waals surface area contributed by atoms with Crippen LogP contribution in [0.2, 0.25) is 0 Å². The minimum absolute atomic E-state index is 0.184. The molecule has 30 heavy (non-hydrogen) atoms. The van der Waals surface area contributed by atoms with E-state index in [9.17, 15) is 18.4 Å². The summed E-state index contributed by atoms with van der Waals surface area (Å²) in [6.45, 7) is 3.49. The van der Waals surface area contributed by atoms with Crippen molar-refractivity contribution in [1.29, 1.82) is 0 Å². The average Bonchev–Trinajstić information content (AvgIpc) is 3.19. The highest BCUT2D eigenvalue weighted by molar-refractivity contribution is 6.37. The summed E-state index contributed by atoms with van der Waals surface area (Å²) in [4.78, 5) is 31.8. The minimum Gasteiger partial charge on any atom is -0.268 e. The lowest BCUT2D eigenvalue weighted by Gasteiger charge is -2.16. The summed E-state index contributed by atoms with van der Waals surface area (Å²) in [5, 5.41) is 4.78. The van der Waals surface area contributed by atoms with E-state index in [-0.39, 0.29) is 22.5 Å². The molecule has 0 spiro atoms. The summed E-state index contributed by atoms with van der Waals surface area (Å²) < 4.78 is 28.4. The summed E-state index contributed by atoms with van der Waals surface area (Å²) in [6.07, 6.45) is 1.33. The van der Waals surface area contributed by atoms with Crippen molar-refractivity contribution in [3.63, 3.8) is 0 Å². The second kappa shape index (κ2) is 6.28. The number of hydrogen-bond acceptors (Lipinski definition) is 4. The van der Waals surface area contributed by atoms with Crippen LogP contribution in [-0.2, 0) is 0 Å². The normalized spacial score (nSPS) is 13.4. The van der Waals surface area contributed by atoms with Gasteiger partial charge in [0.15, 0.2) is 17.3 Å². The van der Waals surface area contributed by atoms with E-state index < -0.39 is 23.4 Å². The fraction of sp³-hybridized carbons (Fsp3) is 0.0909. The maximum Gasteiger partial charge on any atom is 0.267 e. The quantitative estimate of drug-likeness (QED) is 0.472. The minimum atomic E-state index is -1.02. The number of carbonyl (C=O) groups is 2. The Hall–Kier alpha value is -3.94. The number of hydrogen-bond donors (Lipinski definition) is 0. The molecule has 0 saturated heterocycles. The number of para-hydroxylation sites is 1. The second-order valence-corrected chi connectivity index (χ2v) is 7.07. The maximum absolute atomic E-state index is 13.7. The van der Waals surface area contributed by atoms with Gasteiger partial charge in [0.05, 0.1) is 33.6 Å². The molecule has 0 saturated carbocycles. The number of halogens is 2. The molecule has 1 aliphatic rings. The summed E-state index contributed by atoms with van der Waals surface area (Å²) in [5.41, 5.74) is 2.67. The standard InChI is InChI=1S/C22H14F2N4O2/c1-11-5-3-4-6-17(11)27-21(29)14-10-25-20-18(19(14)22(27)30)12(2)26-28(20)13-7-8-15(23)16(24)9-13/h3-10H,1-2H3. The van der Waals surface area contributed by atoms with Crippen LogP contribution in [0, 0.1) is 25.5 Å². The molecule has 0 bridgehead atoms. The first kappa shape index (κ1) is 18.1. The van der Waals surface area contributed by atoms with Crippen molar-refractivity contribution < 1.29 is 18.4 Å². The lowest BCUT2D eigenvalue weighted by atomic mass is 10.1. The molecule has 0 N–H and O–H groups in total. The number of anilines is 1. The molecule has 8 heteroatoms. The first-order valence-corrected chi connectivity index (χ1v) is 9.16. The van der Waals surface area contributed by atoms with Crippen molar-refractivity contribution in [2.75, 3.05) is 4.90 Å². The molecule has 2 aromatic carbocycles. The molecule has 148 valence electrons. The lowest BCUT2D eigenvalue weighted by molar-refractivity contribution is 0.0926. The van der Waals surface area contributed by atoms with Gasteiger partial charge in [0.2, 0.25) is 0 Å². The Labute approximate surface area is 169 Å². The summed E-state index contributed by atoms with van der Waals surface area (Å²) in [6, 6.07) is 10.5. The number of imide groups is 1. The highest BCUT2D eigenvalue weighted by Crippen LogP contribution is 2.35. The maximum atomic E-state index is 13.7. The Balaban J connectivity index is 1.73. The number of amides is 2. The zero-order chi connectivity index (χ0) is 21.2. The number of pyridine rings is 1. The third kappa shape index (κ3) is 2.40. The van der Waals surface area contributed by atoms with Gasteiger partial charge >= 0.3 is 0 Å². The van der Waals surface area contributed by atoms with Crippen LogP contribution in [0.4, 0.5) is 14.5 Å². The van der Waals surface area contributed by atoms with E-state index >= 15 is 0 Å². The smallest absolute Gasteiger partial charge is 0.267 e. The van der Waals surface area contributed by atoms with Gasteiger partial charge in [-0.05, 0) is 37.6 Å². The van der Waals surface area contributed by atoms with Crippen LogP contribution in [-0.4, -0.2) is 26.6 Å². The van der Waals surface area contributed by atoms with Gasteiger partial charge in [0.25, 0.3) is 11.8 Å². The number of carbonyl (C=O) groups excluding carboxylic acids is 2. The third-order valence-electron chi connectivity index (χ3n) is 5.23. The Bertz CT molecular complexity index is 1390. The fourth-order valence-electron chi connectivity index (χ4n) is 3.79. The van der Waals surface area contributed by atoms with E-state index in [2.05, 4.69) is 10.1 Å². The Morgan fingerprint density at radius 3 is 2.43 bits per heavy atom. The van der Waals surface area contributed by atoms with Gasteiger partial charge in [-0.15, -0.1) is 0 Å². The second-order valence-electron chi connectivity index (χ2n) is 7.07. The fourth-order valence-corrected chi connectivity index (χ4v) is 3.79. The first-order chi connectivity index (χ1) is 14.4. The molecule has 2 aromatic heterocycles. The van der Waals surface area contributed by atoms with E-state index in [1.165, 1.54) is 16.9 Å². The van der Waals surface area contributed by atoms with E-state index in [0.29, 0.717) is 16.8 Å². The molecular formula is C22H14F2N4O2. The van der Waals surface area contributed by atoms with Crippen molar-refractivity contribution in [1.82, 2.24) is 14.8 Å². The first-order valence-electron chi connectivity index (χ1n) is 9.16. The van der Waals surface area contributed by atoms with Crippen LogP contribution in [0.15, 0.2) is 48.7 Å². The van der Waals surface area contributed by atoms with Crippen LogP contribution in [0.1, 0.15) is 32.0 Å². The van der Waals surface area contributed by atoms with E-state index in [1.54, 1.807) is 19.1 Å². The van der Waals surface area contributed by atoms with Gasteiger partial charge in [0.1, 0.15) is 0 Å². The van der Waals surface area contributed by atoms with Gasteiger partial charge in [-0.25, -0.2) is 23.3 Å². The topological polar surface area (TPSA) is 68.1 Å². The van der Waals surface area contributed by atoms with Crippen molar-refractivity contribution in [2.24, 2.45) is 0 Å². The Morgan fingerprint density at radius 1 is 0.933 bits per heavy atom. The van der Waals surface area contributed by atoms with Crippen LogP contribution in [0.25, 0.3) is 16.7 Å². The van der Waals surface area contributed by atoms with Crippen molar-refractivity contribution in [2.45, 2.75) is 13.8 Å². The van der Waals surface area contributed by atoms with Gasteiger partial charge < -0.3 is 0 Å². The molecule has 5 rings (SSSR count). The molecule has 0 unspecified atom stereocenters. The van der Waals surface area contributed by atoms with Crippen molar-refractivity contribution in [3.05, 3.63) is 82.7 Å². The largest absolute Gasteiger partial charge is 0.268 e. The SMILES string of the molecule is Cc1ccccc1N1C(=O)c2cnc3c(c(C)nn3-c3ccc(F)c(F)c3)c2C1=O. The summed E-state index contributed by atoms with van der Waals surface area (Å²) in [7, 11) is 0. The monoisotopic (exact) mass is 404 g/mol. The number of aromatic nitrogens is 3. The molecule has 6 nitrogen and oxygen atoms in total. The predicted octanol–water partition coefficient (Wildman–Crippen LogP) is 4.12. The van der Waals surface area contributed by atoms with Crippen molar-refractivity contribution >= 4 is 28.5 Å². The predicted molar refractivity (Wildman–Crippen MR) is 106 cm³/mol. The summed E-state index contributed by atoms with van der Waals surface area (Å²) in [5.74, 6) is -2.93. The third-order valence-corrected chi connectivity index (χ3v) is 5.23. The number of benzene rings is 2. The van der Waals surface area contributed by atoms with Crippen molar-refractivity contribution in [3.8, 4) is 5.69 Å². The van der Waals surface area contributed by atoms with Gasteiger partial charge in [0, 0.05) is 12.3 Å². The number of rotatable bonds is 2. The molecule has 0 radical (unpaired) electrons. The molecular weight excluding hydrogens is 390 g/mol. The molecule has 1 aliphatic heterocycles. The molecule has 4 aromatic rings. The van der Waals surface area contributed by atoms with Gasteiger partial charge in [-0.2, -0.15) is 5.10 Å². The number of aryl methyl sites for hydroxylation is 2. The highest BCUT2D eigenvalue weighted by atomic mass is 19.2. The molecule has 3 heterocycles. The van der Waals surface area contributed by atoms with Gasteiger partial charge in [-0.1, -0.05) is 18.2 Å². The zero-order valence-electron chi connectivity index (χ0n) is 16.0. The van der Waals surface area contributed by atoms with Crippen LogP contribution in [0.5, 0.6) is 0 Å². The molecule has 0 aliphatic carbocycles. The van der Waals surface area contributed by atoms with Crippen LogP contribution >= 0.6 is 0 Å².